The summed E-state index contributed by atoms with van der Waals surface area (Å²) in [6.07, 6.45) is 7.12. The first-order valence-electron chi connectivity index (χ1n) is 6.04. The monoisotopic (exact) mass is 257 g/mol. The molecule has 2 heteroatoms. The van der Waals surface area contributed by atoms with E-state index in [9.17, 15) is 0 Å². The second kappa shape index (κ2) is 5.36. The Morgan fingerprint density at radius 3 is 2.78 bits per heavy atom. The smallest absolute Gasteiger partial charge is 0.0340 e. The number of halogens is 1. The van der Waals surface area contributed by atoms with E-state index in [-0.39, 0.29) is 12.4 Å². The van der Waals surface area contributed by atoms with Crippen molar-refractivity contribution in [1.82, 2.24) is 4.98 Å². The van der Waals surface area contributed by atoms with E-state index < -0.39 is 0 Å². The van der Waals surface area contributed by atoms with Crippen molar-refractivity contribution in [3.8, 4) is 0 Å². The summed E-state index contributed by atoms with van der Waals surface area (Å²) in [6, 6.07) is 12.8. The highest BCUT2D eigenvalue weighted by Crippen LogP contribution is 2.41. The minimum Gasteiger partial charge on any atom is -0.264 e. The molecule has 0 radical (unpaired) electrons. The molecule has 0 spiro atoms. The SMILES string of the molecule is CC1CC(=Cc2cccnc2)c2ccccc21.Cl. The zero-order valence-electron chi connectivity index (χ0n) is 10.3. The third-order valence-electron chi connectivity index (χ3n) is 3.39. The van der Waals surface area contributed by atoms with Crippen molar-refractivity contribution in [2.45, 2.75) is 19.3 Å². The van der Waals surface area contributed by atoms with Crippen LogP contribution >= 0.6 is 12.4 Å². The lowest BCUT2D eigenvalue weighted by Gasteiger charge is -2.01. The van der Waals surface area contributed by atoms with Crippen LogP contribution in [-0.2, 0) is 0 Å². The van der Waals surface area contributed by atoms with Crippen molar-refractivity contribution in [1.29, 1.82) is 0 Å². The summed E-state index contributed by atoms with van der Waals surface area (Å²) in [5.74, 6) is 0.633. The number of hydrogen-bond acceptors (Lipinski definition) is 1. The molecule has 0 saturated carbocycles. The van der Waals surface area contributed by atoms with Crippen LogP contribution in [0.2, 0.25) is 0 Å². The van der Waals surface area contributed by atoms with E-state index in [0.717, 1.165) is 6.42 Å². The Balaban J connectivity index is 0.00000120. The highest BCUT2D eigenvalue weighted by Gasteiger charge is 2.21. The fourth-order valence-electron chi connectivity index (χ4n) is 2.57. The van der Waals surface area contributed by atoms with E-state index in [1.165, 1.54) is 22.3 Å². The summed E-state index contributed by atoms with van der Waals surface area (Å²) in [5, 5.41) is 0. The molecule has 0 aliphatic heterocycles. The third-order valence-corrected chi connectivity index (χ3v) is 3.39. The normalized spacial score (nSPS) is 19.4. The summed E-state index contributed by atoms with van der Waals surface area (Å²) in [4.78, 5) is 4.16. The number of benzene rings is 1. The first-order chi connectivity index (χ1) is 8.34. The molecule has 1 nitrogen and oxygen atoms in total. The topological polar surface area (TPSA) is 12.9 Å². The number of aromatic nitrogens is 1. The predicted octanol–water partition coefficient (Wildman–Crippen LogP) is 4.55. The van der Waals surface area contributed by atoms with Gasteiger partial charge in [-0.2, -0.15) is 0 Å². The first-order valence-corrected chi connectivity index (χ1v) is 6.04. The average molecular weight is 258 g/mol. The van der Waals surface area contributed by atoms with Gasteiger partial charge < -0.3 is 0 Å². The van der Waals surface area contributed by atoms with E-state index in [2.05, 4.69) is 48.3 Å². The van der Waals surface area contributed by atoms with Crippen LogP contribution in [0.15, 0.2) is 48.8 Å². The van der Waals surface area contributed by atoms with Crippen LogP contribution in [0, 0.1) is 0 Å². The lowest BCUT2D eigenvalue weighted by Crippen LogP contribution is -1.83. The fraction of sp³-hybridized carbons (Fsp3) is 0.188. The van der Waals surface area contributed by atoms with Gasteiger partial charge in [0.2, 0.25) is 0 Å². The Morgan fingerprint density at radius 1 is 1.17 bits per heavy atom. The summed E-state index contributed by atoms with van der Waals surface area (Å²) in [5.41, 5.74) is 5.50. The third kappa shape index (κ3) is 2.32. The summed E-state index contributed by atoms with van der Waals surface area (Å²) < 4.78 is 0. The zero-order valence-corrected chi connectivity index (χ0v) is 11.2. The van der Waals surface area contributed by atoms with Crippen LogP contribution in [0.1, 0.15) is 36.0 Å². The van der Waals surface area contributed by atoms with Gasteiger partial charge in [0.15, 0.2) is 0 Å². The Hall–Kier alpha value is -1.60. The first kappa shape index (κ1) is 12.8. The number of fused-ring (bicyclic) bond motifs is 1. The second-order valence-corrected chi connectivity index (χ2v) is 4.65. The molecule has 0 fully saturated rings. The molecule has 1 aromatic heterocycles. The van der Waals surface area contributed by atoms with Gasteiger partial charge >= 0.3 is 0 Å². The molecule has 1 heterocycles. The molecule has 1 aliphatic rings. The maximum atomic E-state index is 4.16. The van der Waals surface area contributed by atoms with Crippen LogP contribution < -0.4 is 0 Å². The van der Waals surface area contributed by atoms with Gasteiger partial charge in [-0.1, -0.05) is 37.3 Å². The lowest BCUT2D eigenvalue weighted by molar-refractivity contribution is 0.829. The molecule has 1 aromatic carbocycles. The number of pyridine rings is 1. The van der Waals surface area contributed by atoms with Gasteiger partial charge in [-0.3, -0.25) is 4.98 Å². The molecule has 1 atom stereocenters. The number of rotatable bonds is 1. The molecule has 0 amide bonds. The fourth-order valence-corrected chi connectivity index (χ4v) is 2.57. The van der Waals surface area contributed by atoms with Gasteiger partial charge in [-0.05, 0) is 46.7 Å². The minimum atomic E-state index is 0. The van der Waals surface area contributed by atoms with Crippen LogP contribution in [-0.4, -0.2) is 4.98 Å². The van der Waals surface area contributed by atoms with Gasteiger partial charge in [0, 0.05) is 12.4 Å². The van der Waals surface area contributed by atoms with Gasteiger partial charge in [0.05, 0.1) is 0 Å². The Labute approximate surface area is 114 Å². The van der Waals surface area contributed by atoms with Gasteiger partial charge in [0.1, 0.15) is 0 Å². The van der Waals surface area contributed by atoms with Gasteiger partial charge in [-0.25, -0.2) is 0 Å². The number of nitrogens with zero attached hydrogens (tertiary/aromatic N) is 1. The molecule has 1 aliphatic carbocycles. The minimum absolute atomic E-state index is 0. The summed E-state index contributed by atoms with van der Waals surface area (Å²) in [6.45, 7) is 2.29. The lowest BCUT2D eigenvalue weighted by atomic mass is 10.0. The standard InChI is InChI=1S/C16H15N.ClH/c1-12-9-14(10-13-5-4-8-17-11-13)16-7-3-2-6-15(12)16;/h2-8,10-12H,9H2,1H3;1H. The summed E-state index contributed by atoms with van der Waals surface area (Å²) in [7, 11) is 0. The number of allylic oxidation sites excluding steroid dienone is 1. The average Bonchev–Trinajstić information content (AvgIpc) is 2.69. The van der Waals surface area contributed by atoms with Crippen molar-refractivity contribution >= 4 is 24.1 Å². The predicted molar refractivity (Wildman–Crippen MR) is 78.8 cm³/mol. The maximum Gasteiger partial charge on any atom is 0.0340 e. The van der Waals surface area contributed by atoms with E-state index in [0.29, 0.717) is 5.92 Å². The van der Waals surface area contributed by atoms with E-state index in [1.54, 1.807) is 0 Å². The van der Waals surface area contributed by atoms with E-state index in [4.69, 9.17) is 0 Å². The van der Waals surface area contributed by atoms with Crippen molar-refractivity contribution in [2.24, 2.45) is 0 Å². The molecule has 0 N–H and O–H groups in total. The Morgan fingerprint density at radius 2 is 2.00 bits per heavy atom. The largest absolute Gasteiger partial charge is 0.264 e. The molecule has 3 rings (SSSR count). The van der Waals surface area contributed by atoms with Crippen LogP contribution in [0.5, 0.6) is 0 Å². The molecular weight excluding hydrogens is 242 g/mol. The highest BCUT2D eigenvalue weighted by atomic mass is 35.5. The van der Waals surface area contributed by atoms with E-state index in [1.807, 2.05) is 18.5 Å². The molecular formula is C16H16ClN. The maximum absolute atomic E-state index is 4.16. The number of hydrogen-bond donors (Lipinski definition) is 0. The van der Waals surface area contributed by atoms with Crippen LogP contribution in [0.3, 0.4) is 0 Å². The van der Waals surface area contributed by atoms with Crippen LogP contribution in [0.4, 0.5) is 0 Å². The molecule has 0 saturated heterocycles. The molecule has 92 valence electrons. The molecule has 2 aromatic rings. The van der Waals surface area contributed by atoms with Gasteiger partial charge in [-0.15, -0.1) is 12.4 Å². The van der Waals surface area contributed by atoms with Gasteiger partial charge in [0.25, 0.3) is 0 Å². The highest BCUT2D eigenvalue weighted by molar-refractivity contribution is 5.86. The van der Waals surface area contributed by atoms with E-state index >= 15 is 0 Å². The molecule has 0 bridgehead atoms. The quantitative estimate of drug-likeness (QED) is 0.730. The summed E-state index contributed by atoms with van der Waals surface area (Å²) >= 11 is 0. The van der Waals surface area contributed by atoms with Crippen molar-refractivity contribution in [3.05, 3.63) is 65.5 Å². The second-order valence-electron chi connectivity index (χ2n) is 4.65. The van der Waals surface area contributed by atoms with Crippen molar-refractivity contribution in [3.63, 3.8) is 0 Å². The van der Waals surface area contributed by atoms with Crippen molar-refractivity contribution < 1.29 is 0 Å². The Kier molecular flexibility index (Phi) is 3.83. The molecule has 1 unspecified atom stereocenters. The zero-order chi connectivity index (χ0) is 11.7. The van der Waals surface area contributed by atoms with Crippen molar-refractivity contribution in [2.75, 3.05) is 0 Å². The van der Waals surface area contributed by atoms with Crippen LogP contribution in [0.25, 0.3) is 11.6 Å². The Bertz CT molecular complexity index is 560. The molecule has 18 heavy (non-hydrogen) atoms.